The first kappa shape index (κ1) is 32.3. The van der Waals surface area contributed by atoms with Crippen molar-refractivity contribution in [3.63, 3.8) is 0 Å². The number of carbonyl (C=O) groups excluding carboxylic acids is 1. The minimum atomic E-state index is -0.932. The zero-order valence-corrected chi connectivity index (χ0v) is 28.5. The Morgan fingerprint density at radius 1 is 1.14 bits per heavy atom. The van der Waals surface area contributed by atoms with Gasteiger partial charge in [-0.1, -0.05) is 41.9 Å². The molecule has 2 aromatic carbocycles. The number of aliphatic hydroxyl groups is 1. The predicted octanol–water partition coefficient (Wildman–Crippen LogP) is 6.15. The molecule has 6 heterocycles. The fraction of sp³-hybridized carbons (Fsp3) is 0.500. The molecule has 4 aromatic rings. The minimum Gasteiger partial charge on any atom is -0.461 e. The first-order valence-corrected chi connectivity index (χ1v) is 17.3. The summed E-state index contributed by atoms with van der Waals surface area (Å²) in [7, 11) is 0. The number of amides is 1. The van der Waals surface area contributed by atoms with E-state index in [0.717, 1.165) is 24.8 Å². The molecule has 2 aromatic heterocycles. The lowest BCUT2D eigenvalue weighted by Gasteiger charge is -2.42. The third-order valence-corrected chi connectivity index (χ3v) is 10.7. The highest BCUT2D eigenvalue weighted by molar-refractivity contribution is 6.36. The molecule has 0 unspecified atom stereocenters. The molecule has 4 aliphatic rings. The van der Waals surface area contributed by atoms with Gasteiger partial charge in [-0.05, 0) is 58.0 Å². The molecule has 4 aliphatic heterocycles. The molecular formula is C36H39ClF2N6O4. The highest BCUT2D eigenvalue weighted by Gasteiger charge is 2.51. The number of hydrogen-bond donors (Lipinski definition) is 1. The number of anilines is 1. The molecule has 0 radical (unpaired) electrons. The average molecular weight is 693 g/mol. The molecule has 4 saturated heterocycles. The van der Waals surface area contributed by atoms with E-state index in [1.165, 1.54) is 0 Å². The number of pyridine rings is 1. The number of fused-ring (bicyclic) bond motifs is 5. The summed E-state index contributed by atoms with van der Waals surface area (Å²) in [5, 5.41) is 13.4. The molecule has 0 aliphatic carbocycles. The van der Waals surface area contributed by atoms with Gasteiger partial charge in [0.2, 0.25) is 0 Å². The van der Waals surface area contributed by atoms with Gasteiger partial charge in [0.05, 0.1) is 29.1 Å². The monoisotopic (exact) mass is 692 g/mol. The molecule has 8 rings (SSSR count). The predicted molar refractivity (Wildman–Crippen MR) is 182 cm³/mol. The highest BCUT2D eigenvalue weighted by atomic mass is 35.5. The Labute approximate surface area is 288 Å². The van der Waals surface area contributed by atoms with E-state index in [1.54, 1.807) is 44.0 Å². The van der Waals surface area contributed by atoms with Crippen LogP contribution in [0, 0.1) is 5.82 Å². The standard InChI is InChI=1S/C36H39ClF2N6O4/c1-35(2,3)49-34(47)45-22-13-27(46)26(45)18-43(17-22)32-24-15-40-30(23-9-4-7-20-8-5-10-25(37)28(20)23)29(39)31(24)41-33(42-32)48-19-36-11-6-12-44(36)16-21(38)14-36/h4-5,7-10,15,21-22,26-27,46H,6,11-14,16-19H2,1-3H3/t21-,22-,26-,27-,36+/m1/s1. The van der Waals surface area contributed by atoms with E-state index in [9.17, 15) is 14.3 Å². The zero-order chi connectivity index (χ0) is 34.2. The summed E-state index contributed by atoms with van der Waals surface area (Å²) in [6.45, 7) is 7.32. The van der Waals surface area contributed by atoms with Crippen molar-refractivity contribution in [2.75, 3.05) is 37.7 Å². The fourth-order valence-electron chi connectivity index (χ4n) is 8.36. The number of aliphatic hydroxyl groups excluding tert-OH is 1. The number of halogens is 3. The van der Waals surface area contributed by atoms with Crippen molar-refractivity contribution in [3.05, 3.63) is 53.4 Å². The first-order chi connectivity index (χ1) is 23.4. The second-order valence-corrected chi connectivity index (χ2v) is 15.2. The topological polar surface area (TPSA) is 104 Å². The van der Waals surface area contributed by atoms with Crippen molar-refractivity contribution in [1.29, 1.82) is 0 Å². The molecule has 49 heavy (non-hydrogen) atoms. The maximum absolute atomic E-state index is 16.9. The molecule has 4 fully saturated rings. The van der Waals surface area contributed by atoms with Crippen LogP contribution in [0.2, 0.25) is 5.02 Å². The van der Waals surface area contributed by atoms with Gasteiger partial charge >= 0.3 is 12.1 Å². The van der Waals surface area contributed by atoms with Gasteiger partial charge in [-0.3, -0.25) is 14.8 Å². The van der Waals surface area contributed by atoms with Crippen molar-refractivity contribution in [1.82, 2.24) is 24.8 Å². The van der Waals surface area contributed by atoms with Gasteiger partial charge in [0.1, 0.15) is 35.4 Å². The lowest BCUT2D eigenvalue weighted by Crippen LogP contribution is -2.58. The molecule has 10 nitrogen and oxygen atoms in total. The lowest BCUT2D eigenvalue weighted by molar-refractivity contribution is 0.00603. The van der Waals surface area contributed by atoms with Crippen LogP contribution in [-0.2, 0) is 4.74 Å². The molecule has 2 bridgehead atoms. The Balaban J connectivity index is 1.21. The third-order valence-electron chi connectivity index (χ3n) is 10.4. The molecule has 5 atom stereocenters. The van der Waals surface area contributed by atoms with Crippen molar-refractivity contribution in [3.8, 4) is 17.3 Å². The fourth-order valence-corrected chi connectivity index (χ4v) is 8.64. The number of hydrogen-bond acceptors (Lipinski definition) is 9. The van der Waals surface area contributed by atoms with E-state index in [0.29, 0.717) is 53.1 Å². The van der Waals surface area contributed by atoms with Crippen molar-refractivity contribution < 1.29 is 28.2 Å². The quantitative estimate of drug-likeness (QED) is 0.264. The molecule has 258 valence electrons. The van der Waals surface area contributed by atoms with Crippen LogP contribution in [0.3, 0.4) is 0 Å². The van der Waals surface area contributed by atoms with Crippen LogP contribution in [0.4, 0.5) is 19.4 Å². The van der Waals surface area contributed by atoms with Crippen LogP contribution in [0.25, 0.3) is 32.9 Å². The van der Waals surface area contributed by atoms with E-state index < -0.39 is 41.4 Å². The largest absolute Gasteiger partial charge is 0.461 e. The number of piperazine rings is 1. The molecule has 1 amide bonds. The molecule has 0 spiro atoms. The van der Waals surface area contributed by atoms with Crippen molar-refractivity contribution in [2.24, 2.45) is 0 Å². The van der Waals surface area contributed by atoms with Crippen LogP contribution in [0.5, 0.6) is 6.01 Å². The molecule has 0 saturated carbocycles. The highest BCUT2D eigenvalue weighted by Crippen LogP contribution is 2.42. The maximum atomic E-state index is 16.9. The van der Waals surface area contributed by atoms with Crippen LogP contribution in [0.1, 0.15) is 46.5 Å². The van der Waals surface area contributed by atoms with Gasteiger partial charge < -0.3 is 19.5 Å². The summed E-state index contributed by atoms with van der Waals surface area (Å²) >= 11 is 6.62. The Hall–Kier alpha value is -3.87. The molecule has 1 N–H and O–H groups in total. The maximum Gasteiger partial charge on any atom is 0.411 e. The Bertz CT molecular complexity index is 1960. The van der Waals surface area contributed by atoms with Crippen molar-refractivity contribution >= 4 is 45.2 Å². The van der Waals surface area contributed by atoms with Gasteiger partial charge in [-0.25, -0.2) is 13.6 Å². The number of nitrogens with zero attached hydrogens (tertiary/aromatic N) is 6. The Kier molecular flexibility index (Phi) is 7.84. The number of ether oxygens (including phenoxy) is 2. The summed E-state index contributed by atoms with van der Waals surface area (Å²) in [5.41, 5.74) is -0.519. The molecular weight excluding hydrogens is 654 g/mol. The zero-order valence-electron chi connectivity index (χ0n) is 27.7. The SMILES string of the molecule is CC(C)(C)OC(=O)N1[C@@H]2C[C@@H](O)[C@H]1CN(c1nc(OC[C@@]34CCCN3C[C@H](F)C4)nc3c(F)c(-c4cccc5cccc(Cl)c45)ncc13)C2. The number of aromatic nitrogens is 3. The second-order valence-electron chi connectivity index (χ2n) is 14.8. The van der Waals surface area contributed by atoms with Gasteiger partial charge in [0, 0.05) is 48.2 Å². The number of benzene rings is 2. The normalized spacial score (nSPS) is 26.9. The van der Waals surface area contributed by atoms with Crippen LogP contribution in [-0.4, -0.2) is 104 Å². The van der Waals surface area contributed by atoms with Gasteiger partial charge in [0.15, 0.2) is 5.82 Å². The van der Waals surface area contributed by atoms with E-state index in [2.05, 4.69) is 14.9 Å². The lowest BCUT2D eigenvalue weighted by atomic mass is 9.95. The summed E-state index contributed by atoms with van der Waals surface area (Å²) in [6.07, 6.45) is 1.86. The van der Waals surface area contributed by atoms with Gasteiger partial charge in [0.25, 0.3) is 0 Å². The average Bonchev–Trinajstić information content (AvgIpc) is 3.64. The van der Waals surface area contributed by atoms with Crippen LogP contribution in [0.15, 0.2) is 42.6 Å². The molecule has 13 heteroatoms. The smallest absolute Gasteiger partial charge is 0.411 e. The second kappa shape index (κ2) is 11.9. The van der Waals surface area contributed by atoms with Crippen LogP contribution < -0.4 is 9.64 Å². The summed E-state index contributed by atoms with van der Waals surface area (Å²) in [6, 6.07) is 10.1. The van der Waals surface area contributed by atoms with E-state index in [-0.39, 0.29) is 36.4 Å². The summed E-state index contributed by atoms with van der Waals surface area (Å²) in [4.78, 5) is 32.9. The summed E-state index contributed by atoms with van der Waals surface area (Å²) < 4.78 is 43.4. The number of alkyl halides is 1. The van der Waals surface area contributed by atoms with E-state index >= 15 is 4.39 Å². The van der Waals surface area contributed by atoms with Crippen molar-refractivity contribution in [2.45, 2.75) is 82.0 Å². The third kappa shape index (κ3) is 5.61. The number of rotatable bonds is 5. The number of carbonyl (C=O) groups is 1. The van der Waals surface area contributed by atoms with Crippen LogP contribution >= 0.6 is 11.6 Å². The Morgan fingerprint density at radius 3 is 2.71 bits per heavy atom. The summed E-state index contributed by atoms with van der Waals surface area (Å²) in [5.74, 6) is -0.267. The minimum absolute atomic E-state index is 0.0205. The van der Waals surface area contributed by atoms with Gasteiger partial charge in [-0.2, -0.15) is 9.97 Å². The Morgan fingerprint density at radius 2 is 1.94 bits per heavy atom. The van der Waals surface area contributed by atoms with E-state index in [4.69, 9.17) is 26.1 Å². The van der Waals surface area contributed by atoms with E-state index in [1.807, 2.05) is 29.2 Å². The first-order valence-electron chi connectivity index (χ1n) is 16.9. The van der Waals surface area contributed by atoms with Gasteiger partial charge in [-0.15, -0.1) is 0 Å².